The average Bonchev–Trinajstić information content (AvgIpc) is 2.78. The molecule has 0 atom stereocenters. The van der Waals surface area contributed by atoms with Crippen LogP contribution >= 0.6 is 19.2 Å². The fourth-order valence-electron chi connectivity index (χ4n) is 1.32. The molecule has 0 saturated heterocycles. The number of hydrogen-bond donors (Lipinski definition) is 0. The van der Waals surface area contributed by atoms with E-state index in [4.69, 9.17) is 13.6 Å². The van der Waals surface area contributed by atoms with Crippen LogP contribution in [0.3, 0.4) is 0 Å². The number of phosphoric acid groups is 1. The van der Waals surface area contributed by atoms with Crippen molar-refractivity contribution in [2.24, 2.45) is 0 Å². The van der Waals surface area contributed by atoms with Gasteiger partial charge in [-0.25, -0.2) is 4.57 Å². The minimum absolute atomic E-state index is 0.505. The van der Waals surface area contributed by atoms with Crippen molar-refractivity contribution in [2.75, 3.05) is 14.2 Å². The quantitative estimate of drug-likeness (QED) is 0.785. The Labute approximate surface area is 97.4 Å². The molecule has 4 nitrogen and oxygen atoms in total. The van der Waals surface area contributed by atoms with E-state index in [1.54, 1.807) is 17.4 Å². The predicted molar refractivity (Wildman–Crippen MR) is 64.1 cm³/mol. The Morgan fingerprint density at radius 2 is 1.94 bits per heavy atom. The van der Waals surface area contributed by atoms with Crippen molar-refractivity contribution in [1.82, 2.24) is 0 Å². The van der Waals surface area contributed by atoms with E-state index in [1.165, 1.54) is 14.2 Å². The molecule has 1 aromatic carbocycles. The number of rotatable bonds is 4. The summed E-state index contributed by atoms with van der Waals surface area (Å²) in [6.07, 6.45) is 0. The highest BCUT2D eigenvalue weighted by Gasteiger charge is 2.25. The first-order valence-electron chi connectivity index (χ1n) is 4.56. The highest BCUT2D eigenvalue weighted by molar-refractivity contribution is 7.48. The third kappa shape index (κ3) is 2.13. The first-order chi connectivity index (χ1) is 7.68. The van der Waals surface area contributed by atoms with Gasteiger partial charge in [-0.15, -0.1) is 11.3 Å². The van der Waals surface area contributed by atoms with Crippen LogP contribution in [0, 0.1) is 0 Å². The van der Waals surface area contributed by atoms with E-state index in [0.29, 0.717) is 5.75 Å². The summed E-state index contributed by atoms with van der Waals surface area (Å²) < 4.78 is 27.6. The normalized spacial score (nSPS) is 11.9. The molecule has 0 amide bonds. The summed E-state index contributed by atoms with van der Waals surface area (Å²) in [4.78, 5) is 0. The standard InChI is InChI=1S/C10H11O4PS/c1-12-15(11,13-2)14-9-4-3-5-10-8(9)6-7-16-10/h3-7H,1-2H3. The molecule has 16 heavy (non-hydrogen) atoms. The molecule has 0 aliphatic heterocycles. The molecule has 0 radical (unpaired) electrons. The molecule has 0 aliphatic rings. The lowest BCUT2D eigenvalue weighted by atomic mass is 10.2. The Bertz CT molecular complexity index is 528. The van der Waals surface area contributed by atoms with Gasteiger partial charge in [-0.2, -0.15) is 0 Å². The maximum atomic E-state index is 11.8. The van der Waals surface area contributed by atoms with Crippen molar-refractivity contribution in [2.45, 2.75) is 0 Å². The zero-order valence-corrected chi connectivity index (χ0v) is 10.6. The van der Waals surface area contributed by atoms with Crippen LogP contribution in [0.1, 0.15) is 0 Å². The number of hydrogen-bond acceptors (Lipinski definition) is 5. The van der Waals surface area contributed by atoms with Gasteiger partial charge >= 0.3 is 7.82 Å². The van der Waals surface area contributed by atoms with Gasteiger partial charge in [-0.05, 0) is 23.6 Å². The fraction of sp³-hybridized carbons (Fsp3) is 0.200. The lowest BCUT2D eigenvalue weighted by Crippen LogP contribution is -1.97. The Morgan fingerprint density at radius 3 is 2.62 bits per heavy atom. The van der Waals surface area contributed by atoms with Gasteiger partial charge in [0.2, 0.25) is 0 Å². The van der Waals surface area contributed by atoms with Crippen molar-refractivity contribution in [1.29, 1.82) is 0 Å². The zero-order valence-electron chi connectivity index (χ0n) is 8.88. The van der Waals surface area contributed by atoms with Crippen LogP contribution in [-0.2, 0) is 13.6 Å². The first kappa shape index (κ1) is 11.6. The largest absolute Gasteiger partial charge is 0.529 e. The Balaban J connectivity index is 2.41. The minimum atomic E-state index is -3.48. The highest BCUT2D eigenvalue weighted by Crippen LogP contribution is 2.49. The van der Waals surface area contributed by atoms with Crippen LogP contribution in [-0.4, -0.2) is 14.2 Å². The van der Waals surface area contributed by atoms with E-state index in [-0.39, 0.29) is 0 Å². The smallest absolute Gasteiger partial charge is 0.403 e. The van der Waals surface area contributed by atoms with Crippen molar-refractivity contribution in [3.8, 4) is 5.75 Å². The van der Waals surface area contributed by atoms with E-state index in [1.807, 2.05) is 23.6 Å². The van der Waals surface area contributed by atoms with Crippen LogP contribution in [0.5, 0.6) is 5.75 Å². The van der Waals surface area contributed by atoms with Crippen LogP contribution < -0.4 is 4.52 Å². The molecular formula is C10H11O4PS. The second-order valence-corrected chi connectivity index (χ2v) is 5.75. The van der Waals surface area contributed by atoms with E-state index in [2.05, 4.69) is 0 Å². The van der Waals surface area contributed by atoms with Gasteiger partial charge < -0.3 is 4.52 Å². The molecule has 0 unspecified atom stereocenters. The van der Waals surface area contributed by atoms with Crippen LogP contribution in [0.4, 0.5) is 0 Å². The van der Waals surface area contributed by atoms with Gasteiger partial charge in [0.05, 0.1) is 0 Å². The fourth-order valence-corrected chi connectivity index (χ4v) is 2.82. The van der Waals surface area contributed by atoms with E-state index >= 15 is 0 Å². The van der Waals surface area contributed by atoms with Crippen molar-refractivity contribution in [3.63, 3.8) is 0 Å². The Kier molecular flexibility index (Phi) is 3.30. The first-order valence-corrected chi connectivity index (χ1v) is 6.90. The van der Waals surface area contributed by atoms with E-state index in [0.717, 1.165) is 10.1 Å². The number of thiophene rings is 1. The molecule has 2 aromatic rings. The Morgan fingerprint density at radius 1 is 1.19 bits per heavy atom. The molecule has 1 aromatic heterocycles. The Hall–Kier alpha value is -0.870. The lowest BCUT2D eigenvalue weighted by Gasteiger charge is -2.14. The second-order valence-electron chi connectivity index (χ2n) is 2.99. The molecule has 0 fully saturated rings. The molecule has 0 bridgehead atoms. The minimum Gasteiger partial charge on any atom is -0.403 e. The maximum absolute atomic E-state index is 11.8. The molecule has 0 spiro atoms. The molecule has 0 aliphatic carbocycles. The van der Waals surface area contributed by atoms with Gasteiger partial charge in [0.1, 0.15) is 5.75 Å². The molecule has 0 saturated carbocycles. The van der Waals surface area contributed by atoms with Gasteiger partial charge in [0.25, 0.3) is 0 Å². The number of phosphoric ester groups is 1. The summed E-state index contributed by atoms with van der Waals surface area (Å²) in [6, 6.07) is 7.45. The van der Waals surface area contributed by atoms with E-state index < -0.39 is 7.82 Å². The number of benzene rings is 1. The summed E-state index contributed by atoms with van der Waals surface area (Å²) in [5.41, 5.74) is 0. The van der Waals surface area contributed by atoms with Gasteiger partial charge in [-0.3, -0.25) is 9.05 Å². The molecule has 6 heteroatoms. The zero-order chi connectivity index (χ0) is 11.6. The summed E-state index contributed by atoms with van der Waals surface area (Å²) in [5.74, 6) is 0.505. The highest BCUT2D eigenvalue weighted by atomic mass is 32.1. The molecular weight excluding hydrogens is 247 g/mol. The number of fused-ring (bicyclic) bond motifs is 1. The third-order valence-corrected chi connectivity index (χ3v) is 4.31. The molecule has 2 rings (SSSR count). The molecule has 86 valence electrons. The second kappa shape index (κ2) is 4.55. The van der Waals surface area contributed by atoms with Gasteiger partial charge in [0, 0.05) is 24.3 Å². The van der Waals surface area contributed by atoms with Crippen molar-refractivity contribution < 1.29 is 18.1 Å². The van der Waals surface area contributed by atoms with Crippen molar-refractivity contribution >= 4 is 29.2 Å². The third-order valence-electron chi connectivity index (χ3n) is 2.11. The summed E-state index contributed by atoms with van der Waals surface area (Å²) in [6.45, 7) is 0. The van der Waals surface area contributed by atoms with E-state index in [9.17, 15) is 4.57 Å². The average molecular weight is 258 g/mol. The van der Waals surface area contributed by atoms with Crippen LogP contribution in [0.2, 0.25) is 0 Å². The maximum Gasteiger partial charge on any atom is 0.529 e. The summed E-state index contributed by atoms with van der Waals surface area (Å²) >= 11 is 1.59. The topological polar surface area (TPSA) is 44.8 Å². The molecule has 0 N–H and O–H groups in total. The molecule has 1 heterocycles. The van der Waals surface area contributed by atoms with Gasteiger partial charge in [-0.1, -0.05) is 6.07 Å². The SMILES string of the molecule is COP(=O)(OC)Oc1cccc2sccc12. The van der Waals surface area contributed by atoms with Crippen LogP contribution in [0.25, 0.3) is 10.1 Å². The van der Waals surface area contributed by atoms with Gasteiger partial charge in [0.15, 0.2) is 0 Å². The lowest BCUT2D eigenvalue weighted by molar-refractivity contribution is 0.212. The van der Waals surface area contributed by atoms with Crippen LogP contribution in [0.15, 0.2) is 29.6 Å². The summed E-state index contributed by atoms with van der Waals surface area (Å²) in [5, 5.41) is 2.85. The van der Waals surface area contributed by atoms with Crippen molar-refractivity contribution in [3.05, 3.63) is 29.6 Å². The monoisotopic (exact) mass is 258 g/mol. The predicted octanol–water partition coefficient (Wildman–Crippen LogP) is 3.68. The summed E-state index contributed by atoms with van der Waals surface area (Å²) in [7, 11) is -0.899.